The first-order valence-electron chi connectivity index (χ1n) is 10.6. The molecule has 0 aromatic carbocycles. The average molecular weight is 396 g/mol. The Morgan fingerprint density at radius 1 is 0.793 bits per heavy atom. The molecule has 1 amide bonds. The summed E-state index contributed by atoms with van der Waals surface area (Å²) in [5.74, 6) is -0.680. The maximum Gasteiger partial charge on any atom is 0.254 e. The monoisotopic (exact) mass is 395 g/mol. The summed E-state index contributed by atoms with van der Waals surface area (Å²) in [5, 5.41) is 0. The lowest BCUT2D eigenvalue weighted by Gasteiger charge is -2.24. The van der Waals surface area contributed by atoms with Crippen molar-refractivity contribution in [1.29, 1.82) is 0 Å². The highest BCUT2D eigenvalue weighted by molar-refractivity contribution is 6.21. The molecule has 2 bridgehead atoms. The van der Waals surface area contributed by atoms with Gasteiger partial charge in [-0.05, 0) is 70.9 Å². The van der Waals surface area contributed by atoms with Crippen LogP contribution in [-0.4, -0.2) is 29.4 Å². The normalized spacial score (nSPS) is 22.3. The Kier molecular flexibility index (Phi) is 8.56. The van der Waals surface area contributed by atoms with Gasteiger partial charge in [0.15, 0.2) is 5.78 Å². The van der Waals surface area contributed by atoms with Gasteiger partial charge in [-0.1, -0.05) is 36.6 Å². The number of Topliss-reactive ketones (excluding diaryl/α,β-unsaturated/α-hetero) is 1. The first-order valence-corrected chi connectivity index (χ1v) is 10.6. The molecule has 0 aromatic heterocycles. The lowest BCUT2D eigenvalue weighted by Crippen LogP contribution is -2.33. The van der Waals surface area contributed by atoms with E-state index in [0.717, 1.165) is 56.1 Å². The molecule has 0 saturated carbocycles. The summed E-state index contributed by atoms with van der Waals surface area (Å²) in [6, 6.07) is 0. The van der Waals surface area contributed by atoms with Gasteiger partial charge in [0.2, 0.25) is 5.78 Å². The molecule has 1 heterocycles. The average Bonchev–Trinajstić information content (AvgIpc) is 2.70. The van der Waals surface area contributed by atoms with Crippen LogP contribution in [0.25, 0.3) is 0 Å². The Morgan fingerprint density at radius 2 is 1.48 bits per heavy atom. The topological polar surface area (TPSA) is 54.5 Å². The number of carbonyl (C=O) groups excluding carboxylic acids is 3. The van der Waals surface area contributed by atoms with Crippen LogP contribution in [0.5, 0.6) is 0 Å². The fourth-order valence-electron chi connectivity index (χ4n) is 3.61. The third-order valence-corrected chi connectivity index (χ3v) is 5.78. The van der Waals surface area contributed by atoms with E-state index in [0.29, 0.717) is 17.6 Å². The van der Waals surface area contributed by atoms with E-state index in [1.165, 1.54) is 17.1 Å². The highest BCUT2D eigenvalue weighted by Crippen LogP contribution is 2.24. The molecule has 2 rings (SSSR count). The molecule has 4 nitrogen and oxygen atoms in total. The van der Waals surface area contributed by atoms with E-state index >= 15 is 0 Å². The number of rotatable bonds is 0. The summed E-state index contributed by atoms with van der Waals surface area (Å²) in [5.41, 5.74) is 3.26. The zero-order valence-corrected chi connectivity index (χ0v) is 18.2. The molecule has 0 aromatic rings. The molecule has 29 heavy (non-hydrogen) atoms. The number of amides is 1. The van der Waals surface area contributed by atoms with E-state index < -0.39 is 0 Å². The van der Waals surface area contributed by atoms with Gasteiger partial charge in [-0.3, -0.25) is 14.4 Å². The van der Waals surface area contributed by atoms with Crippen LogP contribution in [0.2, 0.25) is 0 Å². The highest BCUT2D eigenvalue weighted by atomic mass is 16.2. The molecular weight excluding hydrogens is 362 g/mol. The number of hydrogen-bond donors (Lipinski definition) is 0. The number of allylic oxidation sites excluding steroid dienone is 8. The lowest BCUT2D eigenvalue weighted by atomic mass is 9.94. The third-order valence-electron chi connectivity index (χ3n) is 5.78. The fraction of sp³-hybridized carbons (Fsp3) is 0.480. The first kappa shape index (κ1) is 22.8. The van der Waals surface area contributed by atoms with Crippen molar-refractivity contribution in [3.05, 3.63) is 58.4 Å². The second kappa shape index (κ2) is 10.9. The van der Waals surface area contributed by atoms with Crippen molar-refractivity contribution >= 4 is 17.5 Å². The second-order valence-corrected chi connectivity index (χ2v) is 7.93. The molecule has 1 aliphatic carbocycles. The largest absolute Gasteiger partial charge is 0.308 e. The van der Waals surface area contributed by atoms with E-state index in [2.05, 4.69) is 18.2 Å². The molecule has 0 fully saturated rings. The summed E-state index contributed by atoms with van der Waals surface area (Å²) in [7, 11) is 1.57. The molecule has 0 saturated heterocycles. The zero-order valence-electron chi connectivity index (χ0n) is 18.2. The Balaban J connectivity index is 2.32. The highest BCUT2D eigenvalue weighted by Gasteiger charge is 2.28. The second-order valence-electron chi connectivity index (χ2n) is 7.93. The van der Waals surface area contributed by atoms with Gasteiger partial charge >= 0.3 is 0 Å². The number of carbonyl (C=O) groups is 3. The quantitative estimate of drug-likeness (QED) is 0.409. The molecule has 4 heteroatoms. The molecule has 0 radical (unpaired) electrons. The molecule has 1 aliphatic heterocycles. The summed E-state index contributed by atoms with van der Waals surface area (Å²) < 4.78 is 0. The molecule has 0 unspecified atom stereocenters. The van der Waals surface area contributed by atoms with Crippen molar-refractivity contribution < 1.29 is 14.4 Å². The number of fused-ring (bicyclic) bond motifs is 2. The van der Waals surface area contributed by atoms with Gasteiger partial charge < -0.3 is 4.90 Å². The summed E-state index contributed by atoms with van der Waals surface area (Å²) in [4.78, 5) is 39.4. The minimum absolute atomic E-state index is 0.174. The Bertz CT molecular complexity index is 821. The van der Waals surface area contributed by atoms with E-state index in [-0.39, 0.29) is 23.2 Å². The van der Waals surface area contributed by atoms with Crippen molar-refractivity contribution in [3.8, 4) is 0 Å². The first-order chi connectivity index (χ1) is 13.8. The van der Waals surface area contributed by atoms with Gasteiger partial charge in [0.05, 0.1) is 5.70 Å². The minimum atomic E-state index is -0.248. The summed E-state index contributed by atoms with van der Waals surface area (Å²) in [6.07, 6.45) is 17.1. The Labute approximate surface area is 174 Å². The van der Waals surface area contributed by atoms with E-state index in [4.69, 9.17) is 0 Å². The number of nitrogens with zero attached hydrogens (tertiary/aromatic N) is 1. The van der Waals surface area contributed by atoms with Crippen LogP contribution < -0.4 is 0 Å². The van der Waals surface area contributed by atoms with Crippen LogP contribution in [0.1, 0.15) is 72.1 Å². The van der Waals surface area contributed by atoms with Crippen molar-refractivity contribution in [2.75, 3.05) is 7.05 Å². The standard InChI is InChI=1S/C25H33NO3/c1-18-14-12-10-8-6-5-7-9-11-13-15-21-16-22(27)17-23(24(21)28)26(4)25(29)20(3)19(18)2/h6,8,14,16-17H,5,7,9-13,15H2,1-4H3/b8-6-,18-14?,20-19?. The van der Waals surface area contributed by atoms with Crippen LogP contribution >= 0.6 is 0 Å². The maximum absolute atomic E-state index is 13.0. The molecule has 0 atom stereocenters. The van der Waals surface area contributed by atoms with Crippen LogP contribution in [0.3, 0.4) is 0 Å². The smallest absolute Gasteiger partial charge is 0.254 e. The zero-order chi connectivity index (χ0) is 21.4. The maximum atomic E-state index is 13.0. The van der Waals surface area contributed by atoms with Gasteiger partial charge in [-0.25, -0.2) is 0 Å². The van der Waals surface area contributed by atoms with Gasteiger partial charge in [0.1, 0.15) is 0 Å². The van der Waals surface area contributed by atoms with Crippen molar-refractivity contribution in [3.63, 3.8) is 0 Å². The number of likely N-dealkylation sites (N-methyl/N-ethyl adjacent to an activating group) is 1. The molecular formula is C25H33NO3. The van der Waals surface area contributed by atoms with E-state index in [9.17, 15) is 14.4 Å². The predicted octanol–water partition coefficient (Wildman–Crippen LogP) is 5.38. The molecule has 0 spiro atoms. The summed E-state index contributed by atoms with van der Waals surface area (Å²) in [6.45, 7) is 5.72. The van der Waals surface area contributed by atoms with Gasteiger partial charge in [0, 0.05) is 24.3 Å². The van der Waals surface area contributed by atoms with Crippen molar-refractivity contribution in [1.82, 2.24) is 4.90 Å². The third kappa shape index (κ3) is 6.25. The Morgan fingerprint density at radius 3 is 2.24 bits per heavy atom. The van der Waals surface area contributed by atoms with Crippen LogP contribution in [0.4, 0.5) is 0 Å². The van der Waals surface area contributed by atoms with Crippen molar-refractivity contribution in [2.45, 2.75) is 72.1 Å². The predicted molar refractivity (Wildman–Crippen MR) is 117 cm³/mol. The van der Waals surface area contributed by atoms with Crippen molar-refractivity contribution in [2.24, 2.45) is 0 Å². The molecule has 0 N–H and O–H groups in total. The SMILES string of the molecule is CC1=CCC/C=C\CCCCCCC2=CC(=O)C=C(C2=O)N(C)C(=O)C(C)=C1C. The minimum Gasteiger partial charge on any atom is -0.308 e. The van der Waals surface area contributed by atoms with Gasteiger partial charge in [-0.15, -0.1) is 0 Å². The van der Waals surface area contributed by atoms with E-state index in [1.54, 1.807) is 14.0 Å². The lowest BCUT2D eigenvalue weighted by molar-refractivity contribution is -0.127. The summed E-state index contributed by atoms with van der Waals surface area (Å²) >= 11 is 0. The Hall–Kier alpha value is -2.49. The van der Waals surface area contributed by atoms with Gasteiger partial charge in [-0.2, -0.15) is 0 Å². The number of ketones is 2. The molecule has 2 aliphatic rings. The van der Waals surface area contributed by atoms with Gasteiger partial charge in [0.25, 0.3) is 5.91 Å². The number of hydrogen-bond acceptors (Lipinski definition) is 3. The molecule has 156 valence electrons. The van der Waals surface area contributed by atoms with E-state index in [1.807, 2.05) is 13.8 Å². The fourth-order valence-corrected chi connectivity index (χ4v) is 3.61. The van der Waals surface area contributed by atoms with Crippen LogP contribution in [0.15, 0.2) is 58.4 Å². The van der Waals surface area contributed by atoms with Crippen LogP contribution in [0, 0.1) is 0 Å². The van der Waals surface area contributed by atoms with Crippen LogP contribution in [-0.2, 0) is 14.4 Å².